The molecule has 0 fully saturated rings. The number of phenols is 1. The number of aliphatic carboxylic acids is 1. The Morgan fingerprint density at radius 3 is 1.71 bits per heavy atom. The number of aromatic hydroxyl groups is 1. The molecule has 0 aliphatic heterocycles. The largest absolute Gasteiger partial charge is 0.508 e. The Hall–Kier alpha value is -5.25. The lowest BCUT2D eigenvalue weighted by molar-refractivity contribution is -0.143. The number of imidazole rings is 2. The number of primary amides is 1. The van der Waals surface area contributed by atoms with Crippen LogP contribution in [-0.2, 0) is 43.2 Å². The summed E-state index contributed by atoms with van der Waals surface area (Å²) in [5.74, 6) is -4.71. The summed E-state index contributed by atoms with van der Waals surface area (Å²) in [5, 5.41) is 26.2. The fourth-order valence-corrected chi connectivity index (χ4v) is 3.85. The zero-order valence-corrected chi connectivity index (χ0v) is 21.7. The minimum Gasteiger partial charge on any atom is -0.508 e. The average Bonchev–Trinajstić information content (AvgIpc) is 3.63. The highest BCUT2D eigenvalue weighted by molar-refractivity contribution is 5.95. The Kier molecular flexibility index (Phi) is 10.5. The number of nitrogens with one attached hydrogen (secondary N) is 5. The van der Waals surface area contributed by atoms with Gasteiger partial charge in [0.2, 0.25) is 23.6 Å². The molecule has 3 aromatic rings. The minimum absolute atomic E-state index is 0.0404. The molecule has 3 rings (SSSR count). The molecule has 218 valence electrons. The number of H-pyrrole nitrogens is 2. The lowest BCUT2D eigenvalue weighted by atomic mass is 10.0. The van der Waals surface area contributed by atoms with Crippen molar-refractivity contribution in [2.45, 2.75) is 49.9 Å². The van der Waals surface area contributed by atoms with E-state index >= 15 is 0 Å². The first-order valence-corrected chi connectivity index (χ1v) is 12.4. The van der Waals surface area contributed by atoms with Crippen molar-refractivity contribution < 1.29 is 34.2 Å². The molecule has 1 aromatic carbocycles. The highest BCUT2D eigenvalue weighted by Gasteiger charge is 2.31. The topological polar surface area (TPSA) is 271 Å². The molecular formula is C25H31N9O7. The summed E-state index contributed by atoms with van der Waals surface area (Å²) in [6.07, 6.45) is 4.91. The fraction of sp³-hybridized carbons (Fsp3) is 0.320. The summed E-state index contributed by atoms with van der Waals surface area (Å²) in [6.45, 7) is 0. The Balaban J connectivity index is 1.77. The summed E-state index contributed by atoms with van der Waals surface area (Å²) in [7, 11) is 0. The van der Waals surface area contributed by atoms with Gasteiger partial charge in [0.1, 0.15) is 23.9 Å². The van der Waals surface area contributed by atoms with Gasteiger partial charge in [0, 0.05) is 36.6 Å². The fourth-order valence-electron chi connectivity index (χ4n) is 3.85. The van der Waals surface area contributed by atoms with Crippen LogP contribution in [0.2, 0.25) is 0 Å². The van der Waals surface area contributed by atoms with Gasteiger partial charge in [-0.1, -0.05) is 12.1 Å². The molecule has 0 radical (unpaired) electrons. The van der Waals surface area contributed by atoms with Crippen LogP contribution < -0.4 is 27.4 Å². The first-order chi connectivity index (χ1) is 19.5. The van der Waals surface area contributed by atoms with Crippen LogP contribution in [0.25, 0.3) is 0 Å². The molecule has 2 heterocycles. The second kappa shape index (κ2) is 14.2. The third kappa shape index (κ3) is 9.47. The van der Waals surface area contributed by atoms with Crippen molar-refractivity contribution in [3.05, 3.63) is 66.3 Å². The number of amides is 4. The molecule has 41 heavy (non-hydrogen) atoms. The van der Waals surface area contributed by atoms with Crippen LogP contribution in [0.4, 0.5) is 0 Å². The van der Waals surface area contributed by atoms with E-state index in [2.05, 4.69) is 35.9 Å². The van der Waals surface area contributed by atoms with Crippen LogP contribution in [0.15, 0.2) is 49.3 Å². The van der Waals surface area contributed by atoms with Crippen molar-refractivity contribution in [3.8, 4) is 5.75 Å². The average molecular weight is 570 g/mol. The quantitative estimate of drug-likeness (QED) is 0.0936. The standard InChI is InChI=1S/C25H31N9O7/c26-17(5-13-1-3-16(35)4-2-13)22(37)32-18(6-14-9-28-11-30-14)23(38)33-19(7-15-10-29-12-31-15)24(39)34-20(25(40)41)8-21(27)36/h1-4,9-12,17-20,35H,5-8,26H2,(H2,27,36)(H,28,30)(H,29,31)(H,32,37)(H,33,38)(H,34,39)(H,40,41). The third-order valence-electron chi connectivity index (χ3n) is 5.97. The smallest absolute Gasteiger partial charge is 0.326 e. The van der Waals surface area contributed by atoms with E-state index in [0.29, 0.717) is 17.0 Å². The maximum Gasteiger partial charge on any atom is 0.326 e. The molecule has 0 saturated carbocycles. The molecule has 4 atom stereocenters. The van der Waals surface area contributed by atoms with Gasteiger partial charge in [0.05, 0.1) is 25.1 Å². The van der Waals surface area contributed by atoms with Gasteiger partial charge >= 0.3 is 5.97 Å². The van der Waals surface area contributed by atoms with Crippen molar-refractivity contribution in [1.29, 1.82) is 0 Å². The van der Waals surface area contributed by atoms with E-state index in [9.17, 15) is 34.2 Å². The van der Waals surface area contributed by atoms with E-state index in [1.165, 1.54) is 37.2 Å². The number of aromatic amines is 2. The maximum atomic E-state index is 13.4. The maximum absolute atomic E-state index is 13.4. The molecule has 0 saturated heterocycles. The molecule has 0 aliphatic carbocycles. The molecule has 0 spiro atoms. The van der Waals surface area contributed by atoms with Crippen molar-refractivity contribution >= 4 is 29.6 Å². The Morgan fingerprint density at radius 1 is 0.780 bits per heavy atom. The van der Waals surface area contributed by atoms with Crippen molar-refractivity contribution in [2.75, 3.05) is 0 Å². The van der Waals surface area contributed by atoms with Crippen molar-refractivity contribution in [3.63, 3.8) is 0 Å². The summed E-state index contributed by atoms with van der Waals surface area (Å²) in [4.78, 5) is 75.7. The number of nitrogens with zero attached hydrogens (tertiary/aromatic N) is 2. The van der Waals surface area contributed by atoms with Crippen LogP contribution in [0.3, 0.4) is 0 Å². The Labute approximate surface area is 233 Å². The number of nitrogens with two attached hydrogens (primary N) is 2. The summed E-state index contributed by atoms with van der Waals surface area (Å²) in [5.41, 5.74) is 12.8. The lowest BCUT2D eigenvalue weighted by Gasteiger charge is -2.25. The van der Waals surface area contributed by atoms with Crippen LogP contribution in [-0.4, -0.2) is 83.9 Å². The molecule has 16 nitrogen and oxygen atoms in total. The highest BCUT2D eigenvalue weighted by Crippen LogP contribution is 2.11. The lowest BCUT2D eigenvalue weighted by Crippen LogP contribution is -2.58. The number of carbonyl (C=O) groups is 5. The van der Waals surface area contributed by atoms with E-state index in [0.717, 1.165) is 0 Å². The first-order valence-electron chi connectivity index (χ1n) is 12.4. The Morgan fingerprint density at radius 2 is 1.27 bits per heavy atom. The number of hydrogen-bond donors (Lipinski definition) is 9. The zero-order chi connectivity index (χ0) is 29.9. The molecule has 11 N–H and O–H groups in total. The molecule has 2 aromatic heterocycles. The number of carboxylic acids is 1. The number of benzene rings is 1. The van der Waals surface area contributed by atoms with Gasteiger partial charge in [-0.05, 0) is 24.1 Å². The molecular weight excluding hydrogens is 538 g/mol. The zero-order valence-electron chi connectivity index (χ0n) is 21.7. The number of carbonyl (C=O) groups excluding carboxylic acids is 4. The SMILES string of the molecule is NC(=O)CC(NC(=O)C(Cc1cnc[nH]1)NC(=O)C(Cc1cnc[nH]1)NC(=O)C(N)Cc1ccc(O)cc1)C(=O)O. The van der Waals surface area contributed by atoms with Gasteiger partial charge in [0.15, 0.2) is 0 Å². The van der Waals surface area contributed by atoms with E-state index in [1.807, 2.05) is 0 Å². The molecule has 4 unspecified atom stereocenters. The van der Waals surface area contributed by atoms with Crippen LogP contribution in [0.5, 0.6) is 5.75 Å². The minimum atomic E-state index is -1.63. The number of carboxylic acid groups (broad SMARTS) is 1. The van der Waals surface area contributed by atoms with Gasteiger partial charge in [-0.25, -0.2) is 14.8 Å². The number of rotatable bonds is 15. The number of phenolic OH excluding ortho intramolecular Hbond substituents is 1. The highest BCUT2D eigenvalue weighted by atomic mass is 16.4. The molecule has 0 aliphatic rings. The predicted molar refractivity (Wildman–Crippen MR) is 142 cm³/mol. The number of aromatic nitrogens is 4. The Bertz CT molecular complexity index is 1330. The summed E-state index contributed by atoms with van der Waals surface area (Å²) in [6, 6.07) is 0.911. The monoisotopic (exact) mass is 569 g/mol. The van der Waals surface area contributed by atoms with Crippen LogP contribution in [0.1, 0.15) is 23.4 Å². The normalized spacial score (nSPS) is 13.8. The third-order valence-corrected chi connectivity index (χ3v) is 5.97. The van der Waals surface area contributed by atoms with E-state index in [1.54, 1.807) is 12.1 Å². The predicted octanol–water partition coefficient (Wildman–Crippen LogP) is -2.39. The van der Waals surface area contributed by atoms with Crippen LogP contribution in [0, 0.1) is 0 Å². The van der Waals surface area contributed by atoms with Crippen LogP contribution >= 0.6 is 0 Å². The molecule has 4 amide bonds. The van der Waals surface area contributed by atoms with E-state index < -0.39 is 60.2 Å². The molecule has 0 bridgehead atoms. The summed E-state index contributed by atoms with van der Waals surface area (Å²) < 4.78 is 0. The first kappa shape index (κ1) is 30.3. The molecule has 16 heteroatoms. The van der Waals surface area contributed by atoms with E-state index in [4.69, 9.17) is 11.5 Å². The van der Waals surface area contributed by atoms with Crippen molar-refractivity contribution in [2.24, 2.45) is 11.5 Å². The summed E-state index contributed by atoms with van der Waals surface area (Å²) >= 11 is 0. The second-order valence-corrected chi connectivity index (χ2v) is 9.23. The van der Waals surface area contributed by atoms with Gasteiger partial charge in [-0.3, -0.25) is 19.2 Å². The number of hydrogen-bond acceptors (Lipinski definition) is 9. The van der Waals surface area contributed by atoms with Gasteiger partial charge in [-0.2, -0.15) is 0 Å². The second-order valence-electron chi connectivity index (χ2n) is 9.23. The van der Waals surface area contributed by atoms with E-state index in [-0.39, 0.29) is 25.0 Å². The van der Waals surface area contributed by atoms with Gasteiger partial charge < -0.3 is 47.6 Å². The van der Waals surface area contributed by atoms with Crippen molar-refractivity contribution in [1.82, 2.24) is 35.9 Å². The van der Waals surface area contributed by atoms with Gasteiger partial charge in [0.25, 0.3) is 0 Å². The van der Waals surface area contributed by atoms with Gasteiger partial charge in [-0.15, -0.1) is 0 Å².